The fourth-order valence-electron chi connectivity index (χ4n) is 0.953. The number of ether oxygens (including phenoxy) is 1. The van der Waals surface area contributed by atoms with Gasteiger partial charge >= 0.3 is 5.97 Å². The van der Waals surface area contributed by atoms with Crippen LogP contribution in [0.25, 0.3) is 0 Å². The van der Waals surface area contributed by atoms with Gasteiger partial charge < -0.3 is 4.74 Å². The fraction of sp³-hybridized carbons (Fsp3) is 0.889. The van der Waals surface area contributed by atoms with E-state index in [0.717, 1.165) is 25.8 Å². The van der Waals surface area contributed by atoms with Crippen molar-refractivity contribution < 1.29 is 9.53 Å². The summed E-state index contributed by atoms with van der Waals surface area (Å²) in [5.41, 5.74) is -0.355. The minimum Gasteiger partial charge on any atom is -0.464 e. The summed E-state index contributed by atoms with van der Waals surface area (Å²) in [5, 5.41) is 2.98. The molecule has 0 saturated carbocycles. The Morgan fingerprint density at radius 2 is 2.25 bits per heavy atom. The standard InChI is InChI=1S/C9H17NO2/c1-3-4-5-6-12-8(11)9(2)7-10-9/h10H,3-7H2,1-2H3. The molecule has 0 radical (unpaired) electrons. The Labute approximate surface area is 73.5 Å². The summed E-state index contributed by atoms with van der Waals surface area (Å²) in [6.45, 7) is 5.34. The highest BCUT2D eigenvalue weighted by Crippen LogP contribution is 2.17. The maximum Gasteiger partial charge on any atom is 0.327 e. The number of carbonyl (C=O) groups excluding carboxylic acids is 1. The smallest absolute Gasteiger partial charge is 0.327 e. The van der Waals surface area contributed by atoms with Crippen molar-refractivity contribution in [1.29, 1.82) is 0 Å². The Morgan fingerprint density at radius 3 is 2.75 bits per heavy atom. The van der Waals surface area contributed by atoms with Gasteiger partial charge in [-0.2, -0.15) is 0 Å². The summed E-state index contributed by atoms with van der Waals surface area (Å²) in [4.78, 5) is 11.2. The maximum atomic E-state index is 11.2. The first-order valence-corrected chi connectivity index (χ1v) is 4.61. The zero-order chi connectivity index (χ0) is 9.03. The minimum atomic E-state index is -0.355. The van der Waals surface area contributed by atoms with Crippen molar-refractivity contribution in [3.8, 4) is 0 Å². The molecule has 1 rings (SSSR count). The normalized spacial score (nSPS) is 26.8. The zero-order valence-corrected chi connectivity index (χ0v) is 7.85. The monoisotopic (exact) mass is 171 g/mol. The predicted octanol–water partition coefficient (Wildman–Crippen LogP) is 1.08. The Morgan fingerprint density at radius 1 is 1.58 bits per heavy atom. The molecule has 1 N–H and O–H groups in total. The van der Waals surface area contributed by atoms with E-state index < -0.39 is 0 Å². The lowest BCUT2D eigenvalue weighted by Gasteiger charge is -2.07. The van der Waals surface area contributed by atoms with Crippen molar-refractivity contribution in [2.75, 3.05) is 13.2 Å². The molecule has 0 bridgehead atoms. The largest absolute Gasteiger partial charge is 0.464 e. The van der Waals surface area contributed by atoms with Crippen LogP contribution in [0.1, 0.15) is 33.1 Å². The summed E-state index contributed by atoms with van der Waals surface area (Å²) in [6, 6.07) is 0. The van der Waals surface area contributed by atoms with Crippen molar-refractivity contribution >= 4 is 5.97 Å². The van der Waals surface area contributed by atoms with Crippen molar-refractivity contribution in [2.45, 2.75) is 38.6 Å². The SMILES string of the molecule is CCCCCOC(=O)C1(C)CN1. The molecule has 1 saturated heterocycles. The van der Waals surface area contributed by atoms with Crippen LogP contribution >= 0.6 is 0 Å². The topological polar surface area (TPSA) is 48.2 Å². The molecule has 1 fully saturated rings. The number of unbranched alkanes of at least 4 members (excludes halogenated alkanes) is 2. The number of nitrogens with one attached hydrogen (secondary N) is 1. The minimum absolute atomic E-state index is 0.0985. The second-order valence-electron chi connectivity index (χ2n) is 3.53. The highest BCUT2D eigenvalue weighted by Gasteiger charge is 2.45. The van der Waals surface area contributed by atoms with E-state index in [4.69, 9.17) is 4.74 Å². The lowest BCUT2D eigenvalue weighted by Crippen LogP contribution is -2.26. The van der Waals surface area contributed by atoms with Gasteiger partial charge in [0.25, 0.3) is 0 Å². The lowest BCUT2D eigenvalue weighted by atomic mass is 10.2. The third-order valence-corrected chi connectivity index (χ3v) is 2.14. The van der Waals surface area contributed by atoms with E-state index >= 15 is 0 Å². The zero-order valence-electron chi connectivity index (χ0n) is 7.85. The first-order chi connectivity index (χ1) is 5.69. The second kappa shape index (κ2) is 3.90. The van der Waals surface area contributed by atoms with Gasteiger partial charge in [-0.1, -0.05) is 19.8 Å². The van der Waals surface area contributed by atoms with Crippen LogP contribution in [0.4, 0.5) is 0 Å². The predicted molar refractivity (Wildman–Crippen MR) is 46.9 cm³/mol. The van der Waals surface area contributed by atoms with Crippen molar-refractivity contribution in [3.05, 3.63) is 0 Å². The summed E-state index contributed by atoms with van der Waals surface area (Å²) in [5.74, 6) is -0.0985. The molecule has 12 heavy (non-hydrogen) atoms. The average molecular weight is 171 g/mol. The average Bonchev–Trinajstić information content (AvgIpc) is 2.78. The molecule has 1 heterocycles. The molecule has 0 amide bonds. The van der Waals surface area contributed by atoms with Crippen LogP contribution < -0.4 is 5.32 Å². The second-order valence-corrected chi connectivity index (χ2v) is 3.53. The van der Waals surface area contributed by atoms with Crippen LogP contribution in [0.2, 0.25) is 0 Å². The molecule has 0 aromatic carbocycles. The molecule has 0 aliphatic carbocycles. The van der Waals surface area contributed by atoms with Crippen LogP contribution in [0, 0.1) is 0 Å². The van der Waals surface area contributed by atoms with Gasteiger partial charge in [-0.15, -0.1) is 0 Å². The van der Waals surface area contributed by atoms with Gasteiger partial charge in [-0.3, -0.25) is 10.1 Å². The quantitative estimate of drug-likeness (QED) is 0.382. The van der Waals surface area contributed by atoms with Gasteiger partial charge in [0.2, 0.25) is 0 Å². The third kappa shape index (κ3) is 2.48. The Hall–Kier alpha value is -0.570. The van der Waals surface area contributed by atoms with Gasteiger partial charge in [-0.25, -0.2) is 0 Å². The van der Waals surface area contributed by atoms with Crippen LogP contribution in [-0.4, -0.2) is 24.7 Å². The molecule has 70 valence electrons. The number of hydrogen-bond acceptors (Lipinski definition) is 3. The molecule has 0 spiro atoms. The lowest BCUT2D eigenvalue weighted by molar-refractivity contribution is -0.146. The highest BCUT2D eigenvalue weighted by atomic mass is 16.5. The Balaban J connectivity index is 2.03. The van der Waals surface area contributed by atoms with Crippen LogP contribution in [0.5, 0.6) is 0 Å². The summed E-state index contributed by atoms with van der Waals surface area (Å²) < 4.78 is 5.07. The molecular formula is C9H17NO2. The molecule has 1 aliphatic heterocycles. The molecular weight excluding hydrogens is 154 g/mol. The molecule has 3 heteroatoms. The van der Waals surface area contributed by atoms with E-state index in [9.17, 15) is 4.79 Å². The van der Waals surface area contributed by atoms with Crippen molar-refractivity contribution in [1.82, 2.24) is 5.32 Å². The van der Waals surface area contributed by atoms with E-state index in [1.807, 2.05) is 6.92 Å². The van der Waals surface area contributed by atoms with Crippen LogP contribution in [-0.2, 0) is 9.53 Å². The molecule has 0 aromatic heterocycles. The van der Waals surface area contributed by atoms with Crippen molar-refractivity contribution in [2.24, 2.45) is 0 Å². The van der Waals surface area contributed by atoms with E-state index in [0.29, 0.717) is 6.61 Å². The van der Waals surface area contributed by atoms with Crippen LogP contribution in [0.3, 0.4) is 0 Å². The number of esters is 1. The summed E-state index contributed by atoms with van der Waals surface area (Å²) in [7, 11) is 0. The maximum absolute atomic E-state index is 11.2. The van der Waals surface area contributed by atoms with Gasteiger partial charge in [-0.05, 0) is 13.3 Å². The number of rotatable bonds is 5. The number of hydrogen-bond donors (Lipinski definition) is 1. The van der Waals surface area contributed by atoms with E-state index in [2.05, 4.69) is 12.2 Å². The molecule has 1 aliphatic rings. The van der Waals surface area contributed by atoms with Crippen LogP contribution in [0.15, 0.2) is 0 Å². The fourth-order valence-corrected chi connectivity index (χ4v) is 0.953. The Bertz CT molecular complexity index is 164. The van der Waals surface area contributed by atoms with Gasteiger partial charge in [0.15, 0.2) is 0 Å². The van der Waals surface area contributed by atoms with E-state index in [1.54, 1.807) is 0 Å². The first-order valence-electron chi connectivity index (χ1n) is 4.61. The summed E-state index contributed by atoms with van der Waals surface area (Å²) >= 11 is 0. The first kappa shape index (κ1) is 9.52. The molecule has 0 aromatic rings. The highest BCUT2D eigenvalue weighted by molar-refractivity contribution is 5.84. The molecule has 3 nitrogen and oxygen atoms in total. The number of carbonyl (C=O) groups is 1. The van der Waals surface area contributed by atoms with E-state index in [-0.39, 0.29) is 11.5 Å². The summed E-state index contributed by atoms with van der Waals surface area (Å²) in [6.07, 6.45) is 3.28. The van der Waals surface area contributed by atoms with Gasteiger partial charge in [0.1, 0.15) is 5.54 Å². The van der Waals surface area contributed by atoms with Gasteiger partial charge in [0.05, 0.1) is 6.61 Å². The molecule has 1 unspecified atom stereocenters. The Kier molecular flexibility index (Phi) is 3.09. The van der Waals surface area contributed by atoms with Crippen molar-refractivity contribution in [3.63, 3.8) is 0 Å². The van der Waals surface area contributed by atoms with E-state index in [1.165, 1.54) is 0 Å². The van der Waals surface area contributed by atoms with Gasteiger partial charge in [0, 0.05) is 6.54 Å². The third-order valence-electron chi connectivity index (χ3n) is 2.14. The molecule has 1 atom stereocenters.